The molecule has 1 amide bonds. The Morgan fingerprint density at radius 3 is 2.96 bits per heavy atom. The number of unbranched alkanes of at least 4 members (excludes halogenated alkanes) is 1. The number of hydrogen-bond acceptors (Lipinski definition) is 6. The molecule has 0 atom stereocenters. The number of carbonyl (C=O) groups is 1. The molecule has 1 aromatic carbocycles. The van der Waals surface area contributed by atoms with Gasteiger partial charge in [-0.1, -0.05) is 30.7 Å². The molecule has 122 valence electrons. The van der Waals surface area contributed by atoms with E-state index < -0.39 is 0 Å². The molecule has 0 bridgehead atoms. The number of aromatic nitrogens is 2. The zero-order valence-electron chi connectivity index (χ0n) is 13.1. The molecule has 2 rings (SSSR count). The third-order valence-electron chi connectivity index (χ3n) is 2.96. The van der Waals surface area contributed by atoms with Crippen molar-refractivity contribution in [1.82, 2.24) is 10.2 Å². The van der Waals surface area contributed by atoms with Crippen LogP contribution in [0.15, 0.2) is 29.8 Å². The fourth-order valence-corrected chi connectivity index (χ4v) is 2.23. The van der Waals surface area contributed by atoms with Crippen LogP contribution in [-0.4, -0.2) is 29.8 Å². The molecule has 6 nitrogen and oxygen atoms in total. The summed E-state index contributed by atoms with van der Waals surface area (Å²) >= 11 is 1.27. The standard InChI is InChI=1S/C16H19N3O3S/c1-3-4-9-22-13-7-5-12(10-14(13)21-2)6-8-15(20)18-16-19-17-11-23-16/h5-8,10-11H,3-4,9H2,1-2H3,(H,18,19,20). The molecule has 0 spiro atoms. The zero-order valence-corrected chi connectivity index (χ0v) is 13.9. The summed E-state index contributed by atoms with van der Waals surface area (Å²) in [6, 6.07) is 5.55. The van der Waals surface area contributed by atoms with Gasteiger partial charge in [-0.3, -0.25) is 10.1 Å². The fourth-order valence-electron chi connectivity index (χ4n) is 1.78. The SMILES string of the molecule is CCCCOc1ccc(C=CC(=O)Nc2nncs2)cc1OC. The van der Waals surface area contributed by atoms with Crippen molar-refractivity contribution in [1.29, 1.82) is 0 Å². The summed E-state index contributed by atoms with van der Waals surface area (Å²) in [6.45, 7) is 2.77. The average Bonchev–Trinajstić information content (AvgIpc) is 3.06. The first-order valence-corrected chi connectivity index (χ1v) is 8.17. The van der Waals surface area contributed by atoms with E-state index in [2.05, 4.69) is 22.4 Å². The maximum Gasteiger partial charge on any atom is 0.250 e. The van der Waals surface area contributed by atoms with Gasteiger partial charge < -0.3 is 9.47 Å². The van der Waals surface area contributed by atoms with Crippen LogP contribution in [0.2, 0.25) is 0 Å². The van der Waals surface area contributed by atoms with Crippen molar-refractivity contribution in [2.45, 2.75) is 19.8 Å². The van der Waals surface area contributed by atoms with Crippen LogP contribution in [0.4, 0.5) is 5.13 Å². The van der Waals surface area contributed by atoms with Gasteiger partial charge in [0.05, 0.1) is 13.7 Å². The van der Waals surface area contributed by atoms with Crippen LogP contribution in [0.25, 0.3) is 6.08 Å². The molecule has 0 saturated carbocycles. The number of methoxy groups -OCH3 is 1. The topological polar surface area (TPSA) is 73.3 Å². The van der Waals surface area contributed by atoms with Gasteiger partial charge in [0.2, 0.25) is 11.0 Å². The van der Waals surface area contributed by atoms with Crippen molar-refractivity contribution in [3.05, 3.63) is 35.3 Å². The van der Waals surface area contributed by atoms with E-state index in [4.69, 9.17) is 9.47 Å². The Labute approximate surface area is 139 Å². The summed E-state index contributed by atoms with van der Waals surface area (Å²) in [4.78, 5) is 11.8. The lowest BCUT2D eigenvalue weighted by molar-refractivity contribution is -0.111. The van der Waals surface area contributed by atoms with Gasteiger partial charge in [-0.05, 0) is 30.2 Å². The molecule has 0 fully saturated rings. The lowest BCUT2D eigenvalue weighted by atomic mass is 10.2. The average molecular weight is 333 g/mol. The van der Waals surface area contributed by atoms with Crippen molar-refractivity contribution in [2.24, 2.45) is 0 Å². The summed E-state index contributed by atoms with van der Waals surface area (Å²) < 4.78 is 11.0. The van der Waals surface area contributed by atoms with E-state index in [0.717, 1.165) is 18.4 Å². The van der Waals surface area contributed by atoms with E-state index in [-0.39, 0.29) is 5.91 Å². The largest absolute Gasteiger partial charge is 0.493 e. The van der Waals surface area contributed by atoms with E-state index in [1.54, 1.807) is 18.7 Å². The Morgan fingerprint density at radius 2 is 2.26 bits per heavy atom. The molecule has 0 unspecified atom stereocenters. The fraction of sp³-hybridized carbons (Fsp3) is 0.312. The molecule has 0 radical (unpaired) electrons. The van der Waals surface area contributed by atoms with Crippen molar-refractivity contribution < 1.29 is 14.3 Å². The second kappa shape index (κ2) is 8.89. The van der Waals surface area contributed by atoms with Crippen LogP contribution >= 0.6 is 11.3 Å². The number of carbonyl (C=O) groups excluding carboxylic acids is 1. The van der Waals surface area contributed by atoms with E-state index in [9.17, 15) is 4.79 Å². The molecule has 1 heterocycles. The molecular weight excluding hydrogens is 314 g/mol. The Bertz CT molecular complexity index is 657. The van der Waals surface area contributed by atoms with Gasteiger partial charge >= 0.3 is 0 Å². The highest BCUT2D eigenvalue weighted by molar-refractivity contribution is 7.13. The number of ether oxygens (including phenoxy) is 2. The zero-order chi connectivity index (χ0) is 16.5. The Kier molecular flexibility index (Phi) is 6.56. The first kappa shape index (κ1) is 17.0. The summed E-state index contributed by atoms with van der Waals surface area (Å²) in [5, 5.41) is 10.5. The minimum atomic E-state index is -0.260. The number of benzene rings is 1. The minimum Gasteiger partial charge on any atom is -0.493 e. The van der Waals surface area contributed by atoms with Crippen LogP contribution in [-0.2, 0) is 4.79 Å². The third-order valence-corrected chi connectivity index (χ3v) is 3.57. The lowest BCUT2D eigenvalue weighted by Crippen LogP contribution is -2.07. The van der Waals surface area contributed by atoms with Crippen LogP contribution in [0.3, 0.4) is 0 Å². The second-order valence-electron chi connectivity index (χ2n) is 4.68. The molecule has 0 aliphatic carbocycles. The summed E-state index contributed by atoms with van der Waals surface area (Å²) in [5.41, 5.74) is 2.40. The quantitative estimate of drug-likeness (QED) is 0.592. The Hall–Kier alpha value is -2.41. The second-order valence-corrected chi connectivity index (χ2v) is 5.51. The van der Waals surface area contributed by atoms with Crippen LogP contribution in [0.1, 0.15) is 25.3 Å². The monoisotopic (exact) mass is 333 g/mol. The van der Waals surface area contributed by atoms with Gasteiger partial charge in [-0.15, -0.1) is 10.2 Å². The van der Waals surface area contributed by atoms with Crippen LogP contribution in [0, 0.1) is 0 Å². The van der Waals surface area contributed by atoms with E-state index in [1.807, 2.05) is 18.2 Å². The number of rotatable bonds is 8. The van der Waals surface area contributed by atoms with Gasteiger partial charge in [-0.25, -0.2) is 0 Å². The van der Waals surface area contributed by atoms with Gasteiger partial charge in [-0.2, -0.15) is 0 Å². The molecule has 0 aliphatic heterocycles. The molecule has 23 heavy (non-hydrogen) atoms. The van der Waals surface area contributed by atoms with E-state index in [0.29, 0.717) is 23.2 Å². The van der Waals surface area contributed by atoms with Crippen LogP contribution < -0.4 is 14.8 Å². The van der Waals surface area contributed by atoms with E-state index in [1.165, 1.54) is 17.4 Å². The normalized spacial score (nSPS) is 10.7. The lowest BCUT2D eigenvalue weighted by Gasteiger charge is -2.10. The maximum atomic E-state index is 11.8. The van der Waals surface area contributed by atoms with Crippen molar-refractivity contribution >= 4 is 28.5 Å². The molecule has 7 heteroatoms. The molecule has 1 aromatic heterocycles. The predicted octanol–water partition coefficient (Wildman–Crippen LogP) is 3.38. The Balaban J connectivity index is 1.99. The van der Waals surface area contributed by atoms with Gasteiger partial charge in [0, 0.05) is 6.08 Å². The molecule has 0 aliphatic rings. The van der Waals surface area contributed by atoms with Gasteiger partial charge in [0.25, 0.3) is 0 Å². The van der Waals surface area contributed by atoms with Crippen molar-refractivity contribution in [3.63, 3.8) is 0 Å². The summed E-state index contributed by atoms with van der Waals surface area (Å²) in [5.74, 6) is 1.09. The molecule has 2 aromatic rings. The highest BCUT2D eigenvalue weighted by atomic mass is 32.1. The number of nitrogens with one attached hydrogen (secondary N) is 1. The molecule has 1 N–H and O–H groups in total. The number of anilines is 1. The first-order chi connectivity index (χ1) is 11.2. The predicted molar refractivity (Wildman–Crippen MR) is 91.0 cm³/mol. The summed E-state index contributed by atoms with van der Waals surface area (Å²) in [7, 11) is 1.59. The smallest absolute Gasteiger partial charge is 0.250 e. The summed E-state index contributed by atoms with van der Waals surface area (Å²) in [6.07, 6.45) is 5.21. The van der Waals surface area contributed by atoms with Crippen LogP contribution in [0.5, 0.6) is 11.5 Å². The molecule has 0 saturated heterocycles. The highest BCUT2D eigenvalue weighted by Gasteiger charge is 2.05. The Morgan fingerprint density at radius 1 is 1.39 bits per heavy atom. The third kappa shape index (κ3) is 5.37. The molecular formula is C16H19N3O3S. The van der Waals surface area contributed by atoms with Crippen molar-refractivity contribution in [3.8, 4) is 11.5 Å². The van der Waals surface area contributed by atoms with Crippen molar-refractivity contribution in [2.75, 3.05) is 19.0 Å². The van der Waals surface area contributed by atoms with Gasteiger partial charge in [0.1, 0.15) is 5.51 Å². The maximum absolute atomic E-state index is 11.8. The minimum absolute atomic E-state index is 0.260. The van der Waals surface area contributed by atoms with Gasteiger partial charge in [0.15, 0.2) is 11.5 Å². The highest BCUT2D eigenvalue weighted by Crippen LogP contribution is 2.28. The first-order valence-electron chi connectivity index (χ1n) is 7.29. The number of hydrogen-bond donors (Lipinski definition) is 1. The number of amides is 1. The van der Waals surface area contributed by atoms with E-state index >= 15 is 0 Å². The number of nitrogens with zero attached hydrogens (tertiary/aromatic N) is 2.